The van der Waals surface area contributed by atoms with Crippen LogP contribution < -0.4 is 10.6 Å². The highest BCUT2D eigenvalue weighted by molar-refractivity contribution is 5.78. The van der Waals surface area contributed by atoms with Gasteiger partial charge >= 0.3 is 0 Å². The van der Waals surface area contributed by atoms with E-state index in [9.17, 15) is 4.79 Å². The van der Waals surface area contributed by atoms with E-state index in [2.05, 4.69) is 25.8 Å². The van der Waals surface area contributed by atoms with Crippen LogP contribution in [-0.4, -0.2) is 38.1 Å². The molecule has 7 heteroatoms. The quantitative estimate of drug-likeness (QED) is 0.766. The summed E-state index contributed by atoms with van der Waals surface area (Å²) in [5.74, 6) is 0.802. The molecule has 0 aromatic carbocycles. The molecule has 1 amide bonds. The molecule has 1 aliphatic rings. The molecule has 0 radical (unpaired) electrons. The molecule has 1 aliphatic heterocycles. The first-order valence-electron chi connectivity index (χ1n) is 5.50. The van der Waals surface area contributed by atoms with E-state index in [1.165, 1.54) is 0 Å². The monoisotopic (exact) mass is 232 g/mol. The van der Waals surface area contributed by atoms with Crippen LogP contribution in [0.25, 0.3) is 5.65 Å². The second-order valence-corrected chi connectivity index (χ2v) is 4.02. The summed E-state index contributed by atoms with van der Waals surface area (Å²) >= 11 is 0. The highest BCUT2D eigenvalue weighted by atomic mass is 16.1. The molecule has 3 heterocycles. The smallest absolute Gasteiger partial charge is 0.220 e. The Balaban J connectivity index is 1.72. The third-order valence-corrected chi connectivity index (χ3v) is 2.82. The Kier molecular flexibility index (Phi) is 2.36. The number of anilines is 1. The number of hydrogen-bond donors (Lipinski definition) is 2. The van der Waals surface area contributed by atoms with Crippen LogP contribution in [0.1, 0.15) is 12.8 Å². The van der Waals surface area contributed by atoms with Crippen molar-refractivity contribution in [1.29, 1.82) is 0 Å². The van der Waals surface area contributed by atoms with Gasteiger partial charge < -0.3 is 10.6 Å². The molecule has 0 aliphatic carbocycles. The van der Waals surface area contributed by atoms with Gasteiger partial charge in [0.1, 0.15) is 6.33 Å². The molecule has 0 bridgehead atoms. The Morgan fingerprint density at radius 2 is 2.53 bits per heavy atom. The number of carbonyl (C=O) groups is 1. The molecule has 1 atom stereocenters. The van der Waals surface area contributed by atoms with Crippen molar-refractivity contribution in [3.05, 3.63) is 18.7 Å². The number of hydrogen-bond acceptors (Lipinski definition) is 5. The summed E-state index contributed by atoms with van der Waals surface area (Å²) in [4.78, 5) is 15.3. The average molecular weight is 232 g/mol. The number of fused-ring (bicyclic) bond motifs is 1. The predicted molar refractivity (Wildman–Crippen MR) is 60.4 cm³/mol. The third-order valence-electron chi connectivity index (χ3n) is 2.82. The number of carbonyl (C=O) groups excluding carboxylic acids is 1. The zero-order valence-electron chi connectivity index (χ0n) is 9.13. The molecule has 0 saturated carbocycles. The number of aromatic nitrogens is 4. The number of nitrogens with one attached hydrogen (secondary N) is 2. The van der Waals surface area contributed by atoms with Crippen LogP contribution in [0.4, 0.5) is 5.82 Å². The molecule has 2 aromatic rings. The van der Waals surface area contributed by atoms with Crippen molar-refractivity contribution in [2.75, 3.05) is 11.9 Å². The Hall–Kier alpha value is -2.18. The topological polar surface area (TPSA) is 84.2 Å². The van der Waals surface area contributed by atoms with Crippen LogP contribution in [0.5, 0.6) is 0 Å². The van der Waals surface area contributed by atoms with Gasteiger partial charge in [0, 0.05) is 31.4 Å². The molecule has 17 heavy (non-hydrogen) atoms. The summed E-state index contributed by atoms with van der Waals surface area (Å²) < 4.78 is 1.79. The van der Waals surface area contributed by atoms with Crippen LogP contribution in [0, 0.1) is 0 Å². The summed E-state index contributed by atoms with van der Waals surface area (Å²) in [6, 6.07) is 0.174. The Morgan fingerprint density at radius 1 is 1.59 bits per heavy atom. The van der Waals surface area contributed by atoms with E-state index in [4.69, 9.17) is 0 Å². The fraction of sp³-hybridized carbons (Fsp3) is 0.400. The van der Waals surface area contributed by atoms with E-state index in [0.717, 1.165) is 6.42 Å². The fourth-order valence-electron chi connectivity index (χ4n) is 1.93. The van der Waals surface area contributed by atoms with Gasteiger partial charge in [0.05, 0.1) is 0 Å². The van der Waals surface area contributed by atoms with Gasteiger partial charge in [-0.1, -0.05) is 0 Å². The van der Waals surface area contributed by atoms with Crippen molar-refractivity contribution in [3.63, 3.8) is 0 Å². The van der Waals surface area contributed by atoms with Gasteiger partial charge in [-0.3, -0.25) is 9.20 Å². The second-order valence-electron chi connectivity index (χ2n) is 4.02. The molecular formula is C10H12N6O. The van der Waals surface area contributed by atoms with Crippen LogP contribution in [0.15, 0.2) is 18.7 Å². The van der Waals surface area contributed by atoms with Crippen molar-refractivity contribution in [2.24, 2.45) is 0 Å². The molecule has 88 valence electrons. The van der Waals surface area contributed by atoms with Gasteiger partial charge in [-0.2, -0.15) is 0 Å². The maximum absolute atomic E-state index is 11.1. The standard InChI is InChI=1S/C10H12N6O/c17-8-2-1-7(14-8)5-12-9-10-15-13-6-16(10)4-3-11-9/h3-4,6-7H,1-2,5H2,(H,11,12)(H,14,17). The van der Waals surface area contributed by atoms with E-state index in [-0.39, 0.29) is 11.9 Å². The van der Waals surface area contributed by atoms with Gasteiger partial charge in [-0.05, 0) is 6.42 Å². The van der Waals surface area contributed by atoms with Gasteiger partial charge in [0.2, 0.25) is 11.6 Å². The van der Waals surface area contributed by atoms with E-state index < -0.39 is 0 Å². The van der Waals surface area contributed by atoms with Crippen molar-refractivity contribution in [2.45, 2.75) is 18.9 Å². The lowest BCUT2D eigenvalue weighted by atomic mass is 10.2. The summed E-state index contributed by atoms with van der Waals surface area (Å²) in [5, 5.41) is 13.9. The second kappa shape index (κ2) is 4.00. The Morgan fingerprint density at radius 3 is 3.35 bits per heavy atom. The van der Waals surface area contributed by atoms with Crippen LogP contribution >= 0.6 is 0 Å². The lowest BCUT2D eigenvalue weighted by Gasteiger charge is -2.11. The number of nitrogens with zero attached hydrogens (tertiary/aromatic N) is 4. The first-order valence-corrected chi connectivity index (χ1v) is 5.50. The number of rotatable bonds is 3. The summed E-state index contributed by atoms with van der Waals surface area (Å²) in [7, 11) is 0. The van der Waals surface area contributed by atoms with E-state index in [1.807, 2.05) is 0 Å². The minimum atomic E-state index is 0.116. The first kappa shape index (κ1) is 10.0. The zero-order chi connectivity index (χ0) is 11.7. The predicted octanol–water partition coefficient (Wildman–Crippen LogP) is -0.185. The highest BCUT2D eigenvalue weighted by Crippen LogP contribution is 2.12. The average Bonchev–Trinajstić information content (AvgIpc) is 2.94. The van der Waals surface area contributed by atoms with Crippen LogP contribution in [0.3, 0.4) is 0 Å². The minimum Gasteiger partial charge on any atom is -0.365 e. The lowest BCUT2D eigenvalue weighted by Crippen LogP contribution is -2.32. The van der Waals surface area contributed by atoms with E-state index >= 15 is 0 Å². The Labute approximate surface area is 97.3 Å². The molecule has 2 N–H and O–H groups in total. The SMILES string of the molecule is O=C1CCC(CNc2nccn3cnnc23)N1. The van der Waals surface area contributed by atoms with Crippen LogP contribution in [-0.2, 0) is 4.79 Å². The van der Waals surface area contributed by atoms with Gasteiger partial charge in [-0.25, -0.2) is 4.98 Å². The maximum atomic E-state index is 11.1. The van der Waals surface area contributed by atoms with Crippen LogP contribution in [0.2, 0.25) is 0 Å². The third kappa shape index (κ3) is 1.91. The minimum absolute atomic E-state index is 0.116. The molecule has 7 nitrogen and oxygen atoms in total. The molecule has 1 fully saturated rings. The summed E-state index contributed by atoms with van der Waals surface area (Å²) in [6.45, 7) is 0.658. The molecular weight excluding hydrogens is 220 g/mol. The first-order chi connectivity index (χ1) is 8.33. The van der Waals surface area contributed by atoms with E-state index in [1.54, 1.807) is 23.1 Å². The number of amides is 1. The maximum Gasteiger partial charge on any atom is 0.220 e. The summed E-state index contributed by atoms with van der Waals surface area (Å²) in [5.41, 5.74) is 0.692. The molecule has 3 rings (SSSR count). The largest absolute Gasteiger partial charge is 0.365 e. The molecule has 0 spiro atoms. The van der Waals surface area contributed by atoms with Gasteiger partial charge in [0.15, 0.2) is 5.82 Å². The van der Waals surface area contributed by atoms with Crippen molar-refractivity contribution in [1.82, 2.24) is 24.9 Å². The van der Waals surface area contributed by atoms with Crippen molar-refractivity contribution < 1.29 is 4.79 Å². The molecule has 1 unspecified atom stereocenters. The summed E-state index contributed by atoms with van der Waals surface area (Å²) in [6.07, 6.45) is 6.57. The highest BCUT2D eigenvalue weighted by Gasteiger charge is 2.20. The van der Waals surface area contributed by atoms with Crippen molar-refractivity contribution >= 4 is 17.4 Å². The lowest BCUT2D eigenvalue weighted by molar-refractivity contribution is -0.119. The Bertz CT molecular complexity index is 550. The normalized spacial score (nSPS) is 19.5. The molecule has 1 saturated heterocycles. The van der Waals surface area contributed by atoms with Gasteiger partial charge in [-0.15, -0.1) is 10.2 Å². The molecule has 2 aromatic heterocycles. The van der Waals surface area contributed by atoms with Crippen molar-refractivity contribution in [3.8, 4) is 0 Å². The van der Waals surface area contributed by atoms with E-state index in [0.29, 0.717) is 24.4 Å². The zero-order valence-corrected chi connectivity index (χ0v) is 9.13. The van der Waals surface area contributed by atoms with Gasteiger partial charge in [0.25, 0.3) is 0 Å². The fourth-order valence-corrected chi connectivity index (χ4v) is 1.93.